The van der Waals surface area contributed by atoms with E-state index in [0.29, 0.717) is 5.69 Å². The van der Waals surface area contributed by atoms with E-state index in [0.717, 1.165) is 50.1 Å². The van der Waals surface area contributed by atoms with Gasteiger partial charge in [0.1, 0.15) is 0 Å². The molecule has 6 aromatic carbocycles. The van der Waals surface area contributed by atoms with E-state index in [-0.39, 0.29) is 46.0 Å². The van der Waals surface area contributed by atoms with Crippen molar-refractivity contribution in [1.82, 2.24) is 9.13 Å². The largest absolute Gasteiger partial charge is 0.453 e. The van der Waals surface area contributed by atoms with Gasteiger partial charge in [-0.25, -0.2) is 0 Å². The molecule has 3 heteroatoms. The lowest BCUT2D eigenvalue weighted by Gasteiger charge is -2.20. The fourth-order valence-electron chi connectivity index (χ4n) is 5.97. The smallest absolute Gasteiger partial charge is 0.152 e. The van der Waals surface area contributed by atoms with Crippen molar-refractivity contribution in [3.05, 3.63) is 133 Å². The molecule has 0 N–H and O–H groups in total. The van der Waals surface area contributed by atoms with Crippen molar-refractivity contribution in [1.29, 1.82) is 0 Å². The average Bonchev–Trinajstić information content (AvgIpc) is 3.64. The van der Waals surface area contributed by atoms with Gasteiger partial charge in [-0.2, -0.15) is 0 Å². The van der Waals surface area contributed by atoms with E-state index >= 15 is 0 Å². The molecule has 0 bridgehead atoms. The van der Waals surface area contributed by atoms with Gasteiger partial charge in [0.25, 0.3) is 0 Å². The average molecular weight is 507 g/mol. The Labute approximate surface area is 236 Å². The van der Waals surface area contributed by atoms with Crippen molar-refractivity contribution in [2.24, 2.45) is 0 Å². The zero-order valence-electron chi connectivity index (χ0n) is 28.4. The lowest BCUT2D eigenvalue weighted by Crippen LogP contribution is -2.03. The van der Waals surface area contributed by atoms with Crippen molar-refractivity contribution in [3.63, 3.8) is 0 Å². The van der Waals surface area contributed by atoms with Crippen molar-refractivity contribution < 1.29 is 15.7 Å². The molecular weight excluding hydrogens is 476 g/mol. The number of nitrogens with zero attached hydrogens (tertiary/aromatic N) is 2. The van der Waals surface area contributed by atoms with Gasteiger partial charge in [0, 0.05) is 27.2 Å². The van der Waals surface area contributed by atoms with Crippen LogP contribution in [0.3, 0.4) is 0 Å². The SMILES string of the molecule is [2H]c1c([2H])c([2H])c2c(c1[2H])c1c([2H])c([2H])c([2H])c([2H])c1n2-c1ccc(-c2cccc3c2c2cccc4c2n3-c2ccccc2O4)cc1. The number of aromatic nitrogens is 2. The maximum atomic E-state index is 8.79. The van der Waals surface area contributed by atoms with E-state index in [9.17, 15) is 0 Å². The lowest BCUT2D eigenvalue weighted by molar-refractivity contribution is 0.476. The van der Waals surface area contributed by atoms with E-state index in [1.54, 1.807) is 0 Å². The summed E-state index contributed by atoms with van der Waals surface area (Å²) in [5.41, 5.74) is 5.56. The Kier molecular flexibility index (Phi) is 2.85. The summed E-state index contributed by atoms with van der Waals surface area (Å²) in [6.07, 6.45) is 0. The molecular formula is C36H22N2O. The highest BCUT2D eigenvalue weighted by molar-refractivity contribution is 6.17. The Morgan fingerprint density at radius 2 is 1.23 bits per heavy atom. The van der Waals surface area contributed by atoms with Gasteiger partial charge in [0.05, 0.1) is 38.7 Å². The van der Waals surface area contributed by atoms with Crippen LogP contribution in [0.4, 0.5) is 0 Å². The normalized spacial score (nSPS) is 15.2. The second-order valence-corrected chi connectivity index (χ2v) is 9.59. The molecule has 1 aliphatic rings. The van der Waals surface area contributed by atoms with Crippen LogP contribution in [-0.4, -0.2) is 9.13 Å². The molecule has 0 fully saturated rings. The van der Waals surface area contributed by atoms with Gasteiger partial charge in [0.2, 0.25) is 0 Å². The second-order valence-electron chi connectivity index (χ2n) is 9.59. The summed E-state index contributed by atoms with van der Waals surface area (Å²) in [6.45, 7) is 0. The highest BCUT2D eigenvalue weighted by atomic mass is 16.5. The van der Waals surface area contributed by atoms with Crippen molar-refractivity contribution in [2.75, 3.05) is 0 Å². The van der Waals surface area contributed by atoms with Crippen LogP contribution >= 0.6 is 0 Å². The highest BCUT2D eigenvalue weighted by Gasteiger charge is 2.24. The van der Waals surface area contributed by atoms with Crippen LogP contribution in [0.25, 0.3) is 66.1 Å². The van der Waals surface area contributed by atoms with Crippen LogP contribution in [0.2, 0.25) is 0 Å². The minimum atomic E-state index is -0.461. The maximum absolute atomic E-state index is 8.79. The van der Waals surface area contributed by atoms with E-state index < -0.39 is 24.2 Å². The lowest BCUT2D eigenvalue weighted by atomic mass is 9.99. The van der Waals surface area contributed by atoms with Gasteiger partial charge in [-0.3, -0.25) is 0 Å². The summed E-state index contributed by atoms with van der Waals surface area (Å²) in [7, 11) is 0. The number of fused-ring (bicyclic) bond motifs is 8. The first-order chi connectivity index (χ1) is 22.7. The van der Waals surface area contributed by atoms with E-state index in [2.05, 4.69) is 22.8 Å². The number of benzene rings is 6. The molecule has 2 aromatic heterocycles. The van der Waals surface area contributed by atoms with Gasteiger partial charge >= 0.3 is 0 Å². The van der Waals surface area contributed by atoms with Crippen LogP contribution in [0, 0.1) is 0 Å². The van der Waals surface area contributed by atoms with Gasteiger partial charge in [-0.05, 0) is 59.6 Å². The van der Waals surface area contributed by atoms with Crippen LogP contribution in [0.1, 0.15) is 11.0 Å². The van der Waals surface area contributed by atoms with E-state index in [1.807, 2.05) is 66.7 Å². The van der Waals surface area contributed by atoms with Crippen LogP contribution < -0.4 is 4.74 Å². The highest BCUT2D eigenvalue weighted by Crippen LogP contribution is 2.47. The molecule has 3 nitrogen and oxygen atoms in total. The summed E-state index contributed by atoms with van der Waals surface area (Å²) in [6, 6.07) is 24.5. The van der Waals surface area contributed by atoms with E-state index in [4.69, 9.17) is 15.7 Å². The molecule has 1 aliphatic heterocycles. The minimum Gasteiger partial charge on any atom is -0.453 e. The third kappa shape index (κ3) is 2.76. The molecule has 9 rings (SSSR count). The van der Waals surface area contributed by atoms with Gasteiger partial charge < -0.3 is 13.9 Å². The fraction of sp³-hybridized carbons (Fsp3) is 0. The molecule has 0 aliphatic carbocycles. The van der Waals surface area contributed by atoms with Crippen LogP contribution in [-0.2, 0) is 0 Å². The zero-order valence-corrected chi connectivity index (χ0v) is 20.4. The summed E-state index contributed by atoms with van der Waals surface area (Å²) in [4.78, 5) is 0. The Morgan fingerprint density at radius 3 is 2.03 bits per heavy atom. The Balaban J connectivity index is 1.31. The Morgan fingerprint density at radius 1 is 0.538 bits per heavy atom. The third-order valence-corrected chi connectivity index (χ3v) is 7.57. The Bertz CT molecular complexity index is 2620. The zero-order chi connectivity index (χ0) is 32.5. The number of hydrogen-bond donors (Lipinski definition) is 0. The molecule has 3 heterocycles. The summed E-state index contributed by atoms with van der Waals surface area (Å²) in [5.74, 6) is 1.56. The van der Waals surface area contributed by atoms with Crippen molar-refractivity contribution in [2.45, 2.75) is 0 Å². The number of para-hydroxylation sites is 5. The molecule has 0 amide bonds. The molecule has 0 saturated carbocycles. The number of hydrogen-bond acceptors (Lipinski definition) is 1. The van der Waals surface area contributed by atoms with Crippen molar-refractivity contribution in [3.8, 4) is 34.0 Å². The molecule has 0 saturated heterocycles. The Hall–Kier alpha value is -5.28. The number of rotatable bonds is 2. The summed E-state index contributed by atoms with van der Waals surface area (Å²) in [5, 5.41) is 2.21. The fourth-order valence-corrected chi connectivity index (χ4v) is 5.97. The van der Waals surface area contributed by atoms with Gasteiger partial charge in [-0.15, -0.1) is 0 Å². The summed E-state index contributed by atoms with van der Waals surface area (Å²) >= 11 is 0. The minimum absolute atomic E-state index is 0.0588. The van der Waals surface area contributed by atoms with Crippen LogP contribution in [0.5, 0.6) is 11.5 Å². The first-order valence-electron chi connectivity index (χ1n) is 16.6. The molecule has 39 heavy (non-hydrogen) atoms. The quantitative estimate of drug-likeness (QED) is 0.228. The molecule has 0 atom stereocenters. The van der Waals surface area contributed by atoms with E-state index in [1.165, 1.54) is 4.57 Å². The van der Waals surface area contributed by atoms with Gasteiger partial charge in [-0.1, -0.05) is 84.8 Å². The first-order valence-corrected chi connectivity index (χ1v) is 12.6. The maximum Gasteiger partial charge on any atom is 0.152 e. The first kappa shape index (κ1) is 14.6. The third-order valence-electron chi connectivity index (χ3n) is 7.57. The van der Waals surface area contributed by atoms with Crippen LogP contribution in [0.15, 0.2) is 133 Å². The summed E-state index contributed by atoms with van der Waals surface area (Å²) < 4.78 is 78.3. The molecule has 182 valence electrons. The van der Waals surface area contributed by atoms with Crippen molar-refractivity contribution >= 4 is 43.6 Å². The predicted molar refractivity (Wildman–Crippen MR) is 161 cm³/mol. The topological polar surface area (TPSA) is 19.1 Å². The monoisotopic (exact) mass is 506 g/mol. The molecule has 8 aromatic rings. The second kappa shape index (κ2) is 7.62. The molecule has 0 radical (unpaired) electrons. The predicted octanol–water partition coefficient (Wildman–Crippen LogP) is 9.65. The molecule has 0 unspecified atom stereocenters. The van der Waals surface area contributed by atoms with Gasteiger partial charge in [0.15, 0.2) is 11.5 Å². The standard InChI is InChI=1S/C36H22N2O/c1-3-13-29-26(9-1)27-10-2-4-14-30(27)37(29)24-21-19-23(20-22-24)25-11-7-16-32-35(25)28-12-8-18-34-36(28)38(32)31-15-5-6-17-33(31)39-34/h1-22H/i1D,2D,3D,4D,9D,10D,13D,14D. The number of ether oxygens (including phenoxy) is 1. The molecule has 0 spiro atoms.